The molecular formula is C27H29N3O2S. The molecule has 0 aliphatic heterocycles. The molecule has 2 heterocycles. The summed E-state index contributed by atoms with van der Waals surface area (Å²) in [5.41, 5.74) is 4.20. The van der Waals surface area contributed by atoms with Gasteiger partial charge in [-0.1, -0.05) is 25.0 Å². The SMILES string of the molecule is O=C(NC1CCCC1)C(c1ccncc1)N(C(=O)Cc1cccs1)c1ccc2c(c1)CCC2. The summed E-state index contributed by atoms with van der Waals surface area (Å²) in [7, 11) is 0. The molecule has 2 aliphatic rings. The predicted octanol–water partition coefficient (Wildman–Crippen LogP) is 5.01. The molecule has 2 amide bonds. The number of aromatic nitrogens is 1. The van der Waals surface area contributed by atoms with Gasteiger partial charge in [0.15, 0.2) is 0 Å². The van der Waals surface area contributed by atoms with E-state index in [9.17, 15) is 9.59 Å². The van der Waals surface area contributed by atoms with Crippen molar-refractivity contribution in [1.82, 2.24) is 10.3 Å². The lowest BCUT2D eigenvalue weighted by Gasteiger charge is -2.32. The first-order valence-electron chi connectivity index (χ1n) is 11.9. The van der Waals surface area contributed by atoms with Gasteiger partial charge in [0.05, 0.1) is 6.42 Å². The van der Waals surface area contributed by atoms with Crippen LogP contribution in [0.4, 0.5) is 5.69 Å². The first kappa shape index (κ1) is 21.8. The smallest absolute Gasteiger partial charge is 0.248 e. The fraction of sp³-hybridized carbons (Fsp3) is 0.370. The third kappa shape index (κ3) is 4.86. The Morgan fingerprint density at radius 3 is 2.58 bits per heavy atom. The number of aryl methyl sites for hydroxylation is 2. The lowest BCUT2D eigenvalue weighted by atomic mass is 10.0. The van der Waals surface area contributed by atoms with Crippen LogP contribution < -0.4 is 10.2 Å². The van der Waals surface area contributed by atoms with E-state index in [2.05, 4.69) is 22.4 Å². The van der Waals surface area contributed by atoms with Gasteiger partial charge in [0.2, 0.25) is 11.8 Å². The van der Waals surface area contributed by atoms with E-state index in [4.69, 9.17) is 0 Å². The van der Waals surface area contributed by atoms with Crippen LogP contribution in [0.5, 0.6) is 0 Å². The monoisotopic (exact) mass is 459 g/mol. The van der Waals surface area contributed by atoms with Gasteiger partial charge in [0, 0.05) is 29.0 Å². The number of carbonyl (C=O) groups excluding carboxylic acids is 2. The number of rotatable bonds is 7. The number of benzene rings is 1. The van der Waals surface area contributed by atoms with E-state index in [0.717, 1.165) is 61.1 Å². The Bertz CT molecular complexity index is 1110. The number of anilines is 1. The number of hydrogen-bond acceptors (Lipinski definition) is 4. The summed E-state index contributed by atoms with van der Waals surface area (Å²) in [5, 5.41) is 5.22. The maximum absolute atomic E-state index is 13.8. The second-order valence-corrected chi connectivity index (χ2v) is 10.0. The molecule has 2 aromatic heterocycles. The Morgan fingerprint density at radius 2 is 1.82 bits per heavy atom. The molecule has 6 heteroatoms. The number of hydrogen-bond donors (Lipinski definition) is 1. The zero-order valence-corrected chi connectivity index (χ0v) is 19.5. The fourth-order valence-corrected chi connectivity index (χ4v) is 5.80. The molecule has 33 heavy (non-hydrogen) atoms. The zero-order valence-electron chi connectivity index (χ0n) is 18.7. The van der Waals surface area contributed by atoms with Crippen LogP contribution in [0.3, 0.4) is 0 Å². The highest BCUT2D eigenvalue weighted by Gasteiger charge is 2.34. The Morgan fingerprint density at radius 1 is 1.03 bits per heavy atom. The minimum atomic E-state index is -0.736. The van der Waals surface area contributed by atoms with Gasteiger partial charge >= 0.3 is 0 Å². The van der Waals surface area contributed by atoms with Gasteiger partial charge in [-0.3, -0.25) is 19.5 Å². The normalized spacial score (nSPS) is 16.4. The molecule has 170 valence electrons. The minimum Gasteiger partial charge on any atom is -0.351 e. The van der Waals surface area contributed by atoms with Crippen molar-refractivity contribution in [2.24, 2.45) is 0 Å². The van der Waals surface area contributed by atoms with Crippen molar-refractivity contribution < 1.29 is 9.59 Å². The van der Waals surface area contributed by atoms with Crippen LogP contribution in [0.2, 0.25) is 0 Å². The van der Waals surface area contributed by atoms with E-state index in [1.54, 1.807) is 28.6 Å². The summed E-state index contributed by atoms with van der Waals surface area (Å²) in [6.45, 7) is 0. The van der Waals surface area contributed by atoms with Crippen LogP contribution in [-0.4, -0.2) is 22.8 Å². The quantitative estimate of drug-likeness (QED) is 0.540. The van der Waals surface area contributed by atoms with E-state index in [1.165, 1.54) is 11.1 Å². The van der Waals surface area contributed by atoms with Crippen molar-refractivity contribution in [2.75, 3.05) is 4.90 Å². The Hall–Kier alpha value is -2.99. The number of amides is 2. The molecular weight excluding hydrogens is 430 g/mol. The molecule has 2 aliphatic carbocycles. The summed E-state index contributed by atoms with van der Waals surface area (Å²) < 4.78 is 0. The standard InChI is InChI=1S/C27H29N3O2S/c31-25(18-24-9-4-16-33-24)30(23-11-10-19-5-3-6-21(19)17-23)26(20-12-14-28-15-13-20)27(32)29-22-7-1-2-8-22/h4,9-17,22,26H,1-3,5-8,18H2,(H,29,32). The number of thiophene rings is 1. The summed E-state index contributed by atoms with van der Waals surface area (Å²) in [6.07, 6.45) is 11.1. The molecule has 5 rings (SSSR count). The van der Waals surface area contributed by atoms with Crippen molar-refractivity contribution in [3.05, 3.63) is 81.8 Å². The molecule has 1 atom stereocenters. The summed E-state index contributed by atoms with van der Waals surface area (Å²) in [4.78, 5) is 34.4. The van der Waals surface area contributed by atoms with Crippen LogP contribution in [0.1, 0.15) is 59.7 Å². The third-order valence-corrected chi connectivity index (χ3v) is 7.64. The van der Waals surface area contributed by atoms with Crippen molar-refractivity contribution >= 4 is 28.8 Å². The van der Waals surface area contributed by atoms with E-state index in [-0.39, 0.29) is 24.3 Å². The highest BCUT2D eigenvalue weighted by Crippen LogP contribution is 2.33. The van der Waals surface area contributed by atoms with Crippen molar-refractivity contribution in [3.8, 4) is 0 Å². The molecule has 0 radical (unpaired) electrons. The molecule has 0 saturated heterocycles. The second kappa shape index (κ2) is 9.87. The van der Waals surface area contributed by atoms with Crippen molar-refractivity contribution in [3.63, 3.8) is 0 Å². The zero-order chi connectivity index (χ0) is 22.6. The topological polar surface area (TPSA) is 62.3 Å². The van der Waals surface area contributed by atoms with E-state index < -0.39 is 6.04 Å². The van der Waals surface area contributed by atoms with Gasteiger partial charge < -0.3 is 5.32 Å². The lowest BCUT2D eigenvalue weighted by Crippen LogP contribution is -2.46. The fourth-order valence-electron chi connectivity index (χ4n) is 5.11. The molecule has 1 N–H and O–H groups in total. The van der Waals surface area contributed by atoms with Crippen LogP contribution in [0.25, 0.3) is 0 Å². The van der Waals surface area contributed by atoms with E-state index in [1.807, 2.05) is 35.7 Å². The second-order valence-electron chi connectivity index (χ2n) is 9.00. The van der Waals surface area contributed by atoms with Gasteiger partial charge in [-0.2, -0.15) is 0 Å². The van der Waals surface area contributed by atoms with Crippen LogP contribution in [0, 0.1) is 0 Å². The number of nitrogens with one attached hydrogen (secondary N) is 1. The molecule has 1 aromatic carbocycles. The summed E-state index contributed by atoms with van der Waals surface area (Å²) in [6, 6.07) is 13.3. The maximum Gasteiger partial charge on any atom is 0.248 e. The van der Waals surface area contributed by atoms with Gasteiger partial charge in [-0.25, -0.2) is 0 Å². The molecule has 1 fully saturated rings. The molecule has 0 bridgehead atoms. The van der Waals surface area contributed by atoms with Crippen LogP contribution in [0.15, 0.2) is 60.2 Å². The Labute approximate surface area is 198 Å². The van der Waals surface area contributed by atoms with Gasteiger partial charge in [-0.05, 0) is 84.5 Å². The Kier molecular flexibility index (Phi) is 6.53. The Balaban J connectivity index is 1.55. The average Bonchev–Trinajstić information content (AvgIpc) is 3.60. The molecule has 0 spiro atoms. The largest absolute Gasteiger partial charge is 0.351 e. The molecule has 3 aromatic rings. The number of carbonyl (C=O) groups is 2. The van der Waals surface area contributed by atoms with Crippen molar-refractivity contribution in [2.45, 2.75) is 63.5 Å². The number of pyridine rings is 1. The maximum atomic E-state index is 13.8. The summed E-state index contributed by atoms with van der Waals surface area (Å²) >= 11 is 1.57. The molecule has 1 unspecified atom stereocenters. The van der Waals surface area contributed by atoms with Crippen LogP contribution in [-0.2, 0) is 28.9 Å². The van der Waals surface area contributed by atoms with Crippen molar-refractivity contribution in [1.29, 1.82) is 0 Å². The molecule has 1 saturated carbocycles. The highest BCUT2D eigenvalue weighted by molar-refractivity contribution is 7.10. The first-order valence-corrected chi connectivity index (χ1v) is 12.7. The predicted molar refractivity (Wildman–Crippen MR) is 131 cm³/mol. The van der Waals surface area contributed by atoms with Gasteiger partial charge in [0.25, 0.3) is 0 Å². The highest BCUT2D eigenvalue weighted by atomic mass is 32.1. The number of fused-ring (bicyclic) bond motifs is 1. The van der Waals surface area contributed by atoms with Gasteiger partial charge in [-0.15, -0.1) is 11.3 Å². The third-order valence-electron chi connectivity index (χ3n) is 6.76. The number of nitrogens with zero attached hydrogens (tertiary/aromatic N) is 2. The van der Waals surface area contributed by atoms with E-state index in [0.29, 0.717) is 0 Å². The molecule has 5 nitrogen and oxygen atoms in total. The first-order chi connectivity index (χ1) is 16.2. The van der Waals surface area contributed by atoms with Gasteiger partial charge in [0.1, 0.15) is 6.04 Å². The van der Waals surface area contributed by atoms with Crippen LogP contribution >= 0.6 is 11.3 Å². The minimum absolute atomic E-state index is 0.0706. The van der Waals surface area contributed by atoms with E-state index >= 15 is 0 Å². The lowest BCUT2D eigenvalue weighted by molar-refractivity contribution is -0.127. The average molecular weight is 460 g/mol. The summed E-state index contributed by atoms with van der Waals surface area (Å²) in [5.74, 6) is -0.188.